The van der Waals surface area contributed by atoms with Crippen LogP contribution in [0.2, 0.25) is 0 Å². The van der Waals surface area contributed by atoms with Crippen molar-refractivity contribution in [2.45, 2.75) is 11.6 Å². The van der Waals surface area contributed by atoms with Gasteiger partial charge in [0.2, 0.25) is 0 Å². The molecular formula is C12H12N4O3S. The van der Waals surface area contributed by atoms with E-state index in [1.807, 2.05) is 0 Å². The third-order valence-electron chi connectivity index (χ3n) is 2.78. The molecule has 0 radical (unpaired) electrons. The van der Waals surface area contributed by atoms with Crippen LogP contribution in [0.5, 0.6) is 0 Å². The lowest BCUT2D eigenvalue weighted by Crippen LogP contribution is -2.25. The minimum absolute atomic E-state index is 0.0388. The number of nitrogens with zero attached hydrogens (tertiary/aromatic N) is 2. The van der Waals surface area contributed by atoms with Crippen molar-refractivity contribution >= 4 is 21.5 Å². The highest BCUT2D eigenvalue weighted by atomic mass is 32.2. The molecule has 0 aromatic carbocycles. The first-order valence-corrected chi connectivity index (χ1v) is 7.31. The van der Waals surface area contributed by atoms with E-state index in [1.165, 1.54) is 10.7 Å². The number of hydrogen-bond acceptors (Lipinski definition) is 5. The molecule has 20 heavy (non-hydrogen) atoms. The van der Waals surface area contributed by atoms with Crippen LogP contribution in [0.15, 0.2) is 52.2 Å². The molecular weight excluding hydrogens is 280 g/mol. The van der Waals surface area contributed by atoms with Gasteiger partial charge in [-0.25, -0.2) is 18.1 Å². The number of imidazole rings is 1. The number of furan rings is 1. The van der Waals surface area contributed by atoms with Crippen LogP contribution < -0.4 is 10.5 Å². The molecule has 0 bridgehead atoms. The quantitative estimate of drug-likeness (QED) is 0.746. The maximum Gasteiger partial charge on any atom is 0.260 e. The number of nitrogens with two attached hydrogens (primary N) is 1. The molecule has 0 amide bonds. The summed E-state index contributed by atoms with van der Waals surface area (Å²) >= 11 is 0. The van der Waals surface area contributed by atoms with E-state index in [9.17, 15) is 8.42 Å². The second-order valence-corrected chi connectivity index (χ2v) is 5.82. The Morgan fingerprint density at radius 2 is 2.15 bits per heavy atom. The van der Waals surface area contributed by atoms with E-state index in [0.29, 0.717) is 11.4 Å². The van der Waals surface area contributed by atoms with Gasteiger partial charge >= 0.3 is 0 Å². The topological polar surface area (TPSA) is 103 Å². The fraction of sp³-hybridized carbons (Fsp3) is 0.0833. The van der Waals surface area contributed by atoms with Crippen LogP contribution in [-0.4, -0.2) is 17.8 Å². The van der Waals surface area contributed by atoms with E-state index in [2.05, 4.69) is 9.71 Å². The third-order valence-corrected chi connectivity index (χ3v) is 4.22. The number of aromatic nitrogens is 2. The SMILES string of the molecule is Nc1nc2ccccn2c1S(=O)(=O)NCc1ccco1. The van der Waals surface area contributed by atoms with Crippen molar-refractivity contribution in [1.29, 1.82) is 0 Å². The second kappa shape index (κ2) is 4.66. The smallest absolute Gasteiger partial charge is 0.260 e. The molecule has 0 unspecified atom stereocenters. The first-order valence-electron chi connectivity index (χ1n) is 5.82. The molecule has 0 fully saturated rings. The van der Waals surface area contributed by atoms with Crippen molar-refractivity contribution in [1.82, 2.24) is 14.1 Å². The summed E-state index contributed by atoms with van der Waals surface area (Å²) in [6, 6.07) is 8.52. The average Bonchev–Trinajstić information content (AvgIpc) is 3.02. The van der Waals surface area contributed by atoms with Gasteiger partial charge in [0.25, 0.3) is 10.0 Å². The molecule has 0 aliphatic carbocycles. The first kappa shape index (κ1) is 12.7. The Morgan fingerprint density at radius 3 is 2.90 bits per heavy atom. The van der Waals surface area contributed by atoms with Gasteiger partial charge in [-0.1, -0.05) is 6.07 Å². The number of nitrogens with one attached hydrogen (secondary N) is 1. The van der Waals surface area contributed by atoms with Crippen molar-refractivity contribution in [3.8, 4) is 0 Å². The van der Waals surface area contributed by atoms with E-state index >= 15 is 0 Å². The van der Waals surface area contributed by atoms with Crippen molar-refractivity contribution in [3.63, 3.8) is 0 Å². The largest absolute Gasteiger partial charge is 0.468 e. The van der Waals surface area contributed by atoms with Gasteiger partial charge < -0.3 is 10.2 Å². The number of hydrogen-bond donors (Lipinski definition) is 2. The number of rotatable bonds is 4. The van der Waals surface area contributed by atoms with Gasteiger partial charge in [-0.15, -0.1) is 0 Å². The Balaban J connectivity index is 1.98. The number of sulfonamides is 1. The summed E-state index contributed by atoms with van der Waals surface area (Å²) in [4.78, 5) is 4.02. The second-order valence-electron chi connectivity index (χ2n) is 4.13. The van der Waals surface area contributed by atoms with Crippen molar-refractivity contribution < 1.29 is 12.8 Å². The summed E-state index contributed by atoms with van der Waals surface area (Å²) in [5.41, 5.74) is 6.19. The van der Waals surface area contributed by atoms with Crippen LogP contribution in [0, 0.1) is 0 Å². The fourth-order valence-corrected chi connectivity index (χ4v) is 3.11. The molecule has 104 valence electrons. The minimum atomic E-state index is -3.78. The Kier molecular flexibility index (Phi) is 2.96. The van der Waals surface area contributed by atoms with Crippen LogP contribution in [0.25, 0.3) is 5.65 Å². The molecule has 0 aliphatic rings. The molecule has 3 aromatic rings. The first-order chi connectivity index (χ1) is 9.58. The normalized spacial score (nSPS) is 12.0. The van der Waals surface area contributed by atoms with E-state index in [4.69, 9.17) is 10.2 Å². The summed E-state index contributed by atoms with van der Waals surface area (Å²) < 4.78 is 33.6. The Hall–Kier alpha value is -2.32. The molecule has 0 aliphatic heterocycles. The van der Waals surface area contributed by atoms with Gasteiger partial charge in [-0.05, 0) is 24.3 Å². The summed E-state index contributed by atoms with van der Waals surface area (Å²) in [6.45, 7) is 0.0504. The average molecular weight is 292 g/mol. The number of nitrogen functional groups attached to an aromatic ring is 1. The van der Waals surface area contributed by atoms with E-state index in [-0.39, 0.29) is 17.4 Å². The van der Waals surface area contributed by atoms with Crippen LogP contribution in [0.1, 0.15) is 5.76 Å². The number of anilines is 1. The number of pyridine rings is 1. The van der Waals surface area contributed by atoms with Gasteiger partial charge in [-0.2, -0.15) is 0 Å². The summed E-state index contributed by atoms with van der Waals surface area (Å²) in [7, 11) is -3.78. The van der Waals surface area contributed by atoms with Gasteiger partial charge in [0, 0.05) is 6.20 Å². The summed E-state index contributed by atoms with van der Waals surface area (Å²) in [5.74, 6) is 0.476. The lowest BCUT2D eigenvalue weighted by atomic mass is 10.5. The maximum absolute atomic E-state index is 12.3. The Morgan fingerprint density at radius 1 is 1.30 bits per heavy atom. The van der Waals surface area contributed by atoms with Crippen molar-refractivity contribution in [2.24, 2.45) is 0 Å². The van der Waals surface area contributed by atoms with E-state index in [1.54, 1.807) is 36.5 Å². The summed E-state index contributed by atoms with van der Waals surface area (Å²) in [5, 5.41) is -0.0698. The Bertz CT molecular complexity index is 837. The van der Waals surface area contributed by atoms with Gasteiger partial charge in [-0.3, -0.25) is 4.40 Å². The third kappa shape index (κ3) is 2.15. The van der Waals surface area contributed by atoms with Gasteiger partial charge in [0.05, 0.1) is 12.8 Å². The Labute approximate surface area is 115 Å². The molecule has 0 saturated carbocycles. The van der Waals surface area contributed by atoms with E-state index in [0.717, 1.165) is 0 Å². The highest BCUT2D eigenvalue weighted by Gasteiger charge is 2.23. The molecule has 3 N–H and O–H groups in total. The van der Waals surface area contributed by atoms with Crippen LogP contribution in [0.4, 0.5) is 5.82 Å². The lowest BCUT2D eigenvalue weighted by molar-refractivity contribution is 0.498. The zero-order valence-electron chi connectivity index (χ0n) is 10.4. The molecule has 0 atom stereocenters. The fourth-order valence-electron chi connectivity index (χ4n) is 1.91. The molecule has 3 aromatic heterocycles. The monoisotopic (exact) mass is 292 g/mol. The predicted octanol–water partition coefficient (Wildman–Crippen LogP) is 0.988. The minimum Gasteiger partial charge on any atom is -0.468 e. The van der Waals surface area contributed by atoms with Gasteiger partial charge in [0.15, 0.2) is 10.8 Å². The van der Waals surface area contributed by atoms with Crippen LogP contribution >= 0.6 is 0 Å². The standard InChI is InChI=1S/C12H12N4O3S/c13-11-12(16-6-2-1-5-10(16)15-11)20(17,18)14-8-9-4-3-7-19-9/h1-7,14H,8,13H2. The predicted molar refractivity (Wildman–Crippen MR) is 72.3 cm³/mol. The van der Waals surface area contributed by atoms with Crippen molar-refractivity contribution in [3.05, 3.63) is 48.6 Å². The highest BCUT2D eigenvalue weighted by molar-refractivity contribution is 7.89. The maximum atomic E-state index is 12.3. The summed E-state index contributed by atoms with van der Waals surface area (Å²) in [6.07, 6.45) is 3.08. The zero-order chi connectivity index (χ0) is 14.2. The zero-order valence-corrected chi connectivity index (χ0v) is 11.2. The number of fused-ring (bicyclic) bond motifs is 1. The molecule has 0 spiro atoms. The molecule has 0 saturated heterocycles. The molecule has 3 rings (SSSR count). The van der Waals surface area contributed by atoms with Crippen LogP contribution in [0.3, 0.4) is 0 Å². The molecule has 7 nitrogen and oxygen atoms in total. The molecule has 3 heterocycles. The van der Waals surface area contributed by atoms with Crippen molar-refractivity contribution in [2.75, 3.05) is 5.73 Å². The van der Waals surface area contributed by atoms with Crippen LogP contribution in [-0.2, 0) is 16.6 Å². The lowest BCUT2D eigenvalue weighted by Gasteiger charge is -2.05. The van der Waals surface area contributed by atoms with Gasteiger partial charge in [0.1, 0.15) is 11.4 Å². The highest BCUT2D eigenvalue weighted by Crippen LogP contribution is 2.19. The molecule has 8 heteroatoms. The van der Waals surface area contributed by atoms with E-state index < -0.39 is 10.0 Å².